The highest BCUT2D eigenvalue weighted by Crippen LogP contribution is 2.25. The van der Waals surface area contributed by atoms with Gasteiger partial charge in [-0.25, -0.2) is 0 Å². The van der Waals surface area contributed by atoms with Crippen LogP contribution in [0.15, 0.2) is 72.8 Å². The van der Waals surface area contributed by atoms with E-state index in [4.69, 9.17) is 4.74 Å². The number of rotatable bonds is 5. The van der Waals surface area contributed by atoms with Gasteiger partial charge in [-0.1, -0.05) is 54.6 Å². The molecule has 3 N–H and O–H groups in total. The molecule has 0 radical (unpaired) electrons. The number of methoxy groups -OCH3 is 1. The number of aromatic amines is 1. The van der Waals surface area contributed by atoms with Crippen molar-refractivity contribution in [3.63, 3.8) is 0 Å². The third-order valence-electron chi connectivity index (χ3n) is 5.16. The lowest BCUT2D eigenvalue weighted by molar-refractivity contribution is -0.123. The van der Waals surface area contributed by atoms with E-state index in [1.807, 2.05) is 66.7 Å². The summed E-state index contributed by atoms with van der Waals surface area (Å²) in [6, 6.07) is 22.7. The molecule has 0 saturated carbocycles. The highest BCUT2D eigenvalue weighted by Gasteiger charge is 2.18. The van der Waals surface area contributed by atoms with E-state index >= 15 is 0 Å². The molecule has 1 atom stereocenters. The van der Waals surface area contributed by atoms with Crippen LogP contribution in [0.2, 0.25) is 0 Å². The molecule has 7 nitrogen and oxygen atoms in total. The molecule has 156 valence electrons. The van der Waals surface area contributed by atoms with E-state index in [0.29, 0.717) is 5.69 Å². The standard InChI is InChI=1S/C24H22N4O3/c1-15(17-8-9-19-13-20(31-2)11-10-18(19)12-17)23(29)27-28-24(30)22-14-21(25-26-22)16-6-4-3-5-7-16/h3-15H,1-2H3,(H,25,26)(H,27,29)(H,28,30)/t15-/m0/s1. The number of benzene rings is 3. The van der Waals surface area contributed by atoms with Gasteiger partial charge in [0.1, 0.15) is 11.4 Å². The fourth-order valence-corrected chi connectivity index (χ4v) is 3.28. The first-order chi connectivity index (χ1) is 15.0. The molecule has 1 heterocycles. The van der Waals surface area contributed by atoms with Crippen LogP contribution in [0.3, 0.4) is 0 Å². The molecule has 0 aliphatic carbocycles. The fraction of sp³-hybridized carbons (Fsp3) is 0.125. The Morgan fingerprint density at radius 1 is 0.935 bits per heavy atom. The highest BCUT2D eigenvalue weighted by atomic mass is 16.5. The minimum atomic E-state index is -0.471. The Morgan fingerprint density at radius 2 is 1.68 bits per heavy atom. The second-order valence-electron chi connectivity index (χ2n) is 7.17. The summed E-state index contributed by atoms with van der Waals surface area (Å²) in [4.78, 5) is 24.9. The molecular weight excluding hydrogens is 392 g/mol. The molecule has 0 fully saturated rings. The van der Waals surface area contributed by atoms with Crippen molar-refractivity contribution >= 4 is 22.6 Å². The van der Waals surface area contributed by atoms with Gasteiger partial charge in [-0.3, -0.25) is 25.5 Å². The van der Waals surface area contributed by atoms with E-state index < -0.39 is 11.8 Å². The van der Waals surface area contributed by atoms with Gasteiger partial charge >= 0.3 is 0 Å². The Hall–Kier alpha value is -4.13. The van der Waals surface area contributed by atoms with Gasteiger partial charge in [0.05, 0.1) is 18.7 Å². The molecule has 31 heavy (non-hydrogen) atoms. The first-order valence-corrected chi connectivity index (χ1v) is 9.84. The van der Waals surface area contributed by atoms with Gasteiger partial charge in [-0.2, -0.15) is 5.10 Å². The van der Waals surface area contributed by atoms with Crippen molar-refractivity contribution in [2.75, 3.05) is 7.11 Å². The fourth-order valence-electron chi connectivity index (χ4n) is 3.28. The summed E-state index contributed by atoms with van der Waals surface area (Å²) in [5.41, 5.74) is 7.57. The molecule has 0 unspecified atom stereocenters. The maximum Gasteiger partial charge on any atom is 0.287 e. The number of hydrazine groups is 1. The molecule has 0 bridgehead atoms. The summed E-state index contributed by atoms with van der Waals surface area (Å²) in [5, 5.41) is 8.88. The maximum atomic E-state index is 12.6. The first-order valence-electron chi connectivity index (χ1n) is 9.84. The number of H-pyrrole nitrogens is 1. The smallest absolute Gasteiger partial charge is 0.287 e. The predicted octanol–water partition coefficient (Wildman–Crippen LogP) is 3.80. The number of carbonyl (C=O) groups is 2. The molecule has 0 saturated heterocycles. The van der Waals surface area contributed by atoms with Crippen LogP contribution in [0.5, 0.6) is 5.75 Å². The van der Waals surface area contributed by atoms with Crippen molar-refractivity contribution in [1.82, 2.24) is 21.0 Å². The van der Waals surface area contributed by atoms with Crippen molar-refractivity contribution in [3.8, 4) is 17.0 Å². The number of aromatic nitrogens is 2. The normalized spacial score (nSPS) is 11.7. The van der Waals surface area contributed by atoms with Crippen LogP contribution in [0.25, 0.3) is 22.0 Å². The Morgan fingerprint density at radius 3 is 2.45 bits per heavy atom. The van der Waals surface area contributed by atoms with E-state index in [1.54, 1.807) is 20.1 Å². The quantitative estimate of drug-likeness (QED) is 0.433. The lowest BCUT2D eigenvalue weighted by atomic mass is 9.97. The van der Waals surface area contributed by atoms with E-state index in [2.05, 4.69) is 21.0 Å². The maximum absolute atomic E-state index is 12.6. The molecule has 4 aromatic rings. The van der Waals surface area contributed by atoms with Crippen LogP contribution in [0.4, 0.5) is 0 Å². The molecule has 0 aliphatic rings. The SMILES string of the molecule is COc1ccc2cc([C@H](C)C(=O)NNC(=O)c3cc(-c4ccccc4)n[nH]3)ccc2c1. The monoisotopic (exact) mass is 414 g/mol. The van der Waals surface area contributed by atoms with Crippen molar-refractivity contribution in [1.29, 1.82) is 0 Å². The average Bonchev–Trinajstić information content (AvgIpc) is 3.32. The van der Waals surface area contributed by atoms with Crippen LogP contribution in [0, 0.1) is 0 Å². The van der Waals surface area contributed by atoms with Crippen LogP contribution in [-0.4, -0.2) is 29.1 Å². The Labute approximate surface area is 179 Å². The van der Waals surface area contributed by atoms with Crippen molar-refractivity contribution in [3.05, 3.63) is 84.1 Å². The van der Waals surface area contributed by atoms with Gasteiger partial charge in [0.15, 0.2) is 0 Å². The summed E-state index contributed by atoms with van der Waals surface area (Å²) in [6.07, 6.45) is 0. The number of carbonyl (C=O) groups excluding carboxylic acids is 2. The number of hydrogen-bond acceptors (Lipinski definition) is 4. The molecule has 4 rings (SSSR count). The molecule has 3 aromatic carbocycles. The molecule has 0 aliphatic heterocycles. The largest absolute Gasteiger partial charge is 0.497 e. The highest BCUT2D eigenvalue weighted by molar-refractivity contribution is 5.95. The molecule has 0 spiro atoms. The minimum absolute atomic E-state index is 0.256. The second kappa shape index (κ2) is 8.71. The van der Waals surface area contributed by atoms with E-state index in [0.717, 1.165) is 27.6 Å². The summed E-state index contributed by atoms with van der Waals surface area (Å²) < 4.78 is 5.24. The van der Waals surface area contributed by atoms with Crippen LogP contribution < -0.4 is 15.6 Å². The van der Waals surface area contributed by atoms with E-state index in [1.165, 1.54) is 0 Å². The first kappa shape index (κ1) is 20.2. The molecule has 2 amide bonds. The van der Waals surface area contributed by atoms with Gasteiger partial charge in [-0.05, 0) is 41.5 Å². The van der Waals surface area contributed by atoms with Gasteiger partial charge in [0.2, 0.25) is 5.91 Å². The van der Waals surface area contributed by atoms with Crippen LogP contribution in [0.1, 0.15) is 28.9 Å². The summed E-state index contributed by atoms with van der Waals surface area (Å²) in [5.74, 6) is -0.457. The van der Waals surface area contributed by atoms with Crippen LogP contribution in [-0.2, 0) is 4.79 Å². The average molecular weight is 414 g/mol. The van der Waals surface area contributed by atoms with E-state index in [-0.39, 0.29) is 11.6 Å². The predicted molar refractivity (Wildman–Crippen MR) is 119 cm³/mol. The molecule has 1 aromatic heterocycles. The third kappa shape index (κ3) is 4.40. The van der Waals surface area contributed by atoms with Crippen molar-refractivity contribution in [2.45, 2.75) is 12.8 Å². The van der Waals surface area contributed by atoms with Crippen molar-refractivity contribution < 1.29 is 14.3 Å². The number of amides is 2. The van der Waals surface area contributed by atoms with Crippen molar-refractivity contribution in [2.24, 2.45) is 0 Å². The minimum Gasteiger partial charge on any atom is -0.497 e. The van der Waals surface area contributed by atoms with E-state index in [9.17, 15) is 9.59 Å². The van der Waals surface area contributed by atoms with Gasteiger partial charge in [0, 0.05) is 5.56 Å². The van der Waals surface area contributed by atoms with Gasteiger partial charge in [0.25, 0.3) is 5.91 Å². The zero-order chi connectivity index (χ0) is 21.8. The Kier molecular flexibility index (Phi) is 5.66. The molecular formula is C24H22N4O3. The molecule has 7 heteroatoms. The van der Waals surface area contributed by atoms with Gasteiger partial charge < -0.3 is 4.74 Å². The Bertz CT molecular complexity index is 1230. The number of nitrogens with one attached hydrogen (secondary N) is 3. The number of hydrogen-bond donors (Lipinski definition) is 3. The number of fused-ring (bicyclic) bond motifs is 1. The third-order valence-corrected chi connectivity index (χ3v) is 5.16. The summed E-state index contributed by atoms with van der Waals surface area (Å²) in [6.45, 7) is 1.79. The zero-order valence-electron chi connectivity index (χ0n) is 17.2. The number of nitrogens with zero attached hydrogens (tertiary/aromatic N) is 1. The lowest BCUT2D eigenvalue weighted by Crippen LogP contribution is -2.43. The summed E-state index contributed by atoms with van der Waals surface area (Å²) >= 11 is 0. The van der Waals surface area contributed by atoms with Gasteiger partial charge in [-0.15, -0.1) is 0 Å². The Balaban J connectivity index is 1.39. The summed E-state index contributed by atoms with van der Waals surface area (Å²) in [7, 11) is 1.63. The number of ether oxygens (including phenoxy) is 1. The lowest BCUT2D eigenvalue weighted by Gasteiger charge is -2.14. The topological polar surface area (TPSA) is 96.1 Å². The second-order valence-corrected chi connectivity index (χ2v) is 7.17. The zero-order valence-corrected chi connectivity index (χ0v) is 17.2. The van der Waals surface area contributed by atoms with Crippen LogP contribution >= 0.6 is 0 Å².